The normalized spacial score (nSPS) is 11.1. The average molecular weight is 359 g/mol. The summed E-state index contributed by atoms with van der Waals surface area (Å²) in [5.41, 5.74) is 1.01. The van der Waals surface area contributed by atoms with Crippen molar-refractivity contribution in [2.24, 2.45) is 0 Å². The number of benzene rings is 2. The van der Waals surface area contributed by atoms with Crippen LogP contribution < -0.4 is 14.2 Å². The van der Waals surface area contributed by atoms with E-state index in [2.05, 4.69) is 9.82 Å². The summed E-state index contributed by atoms with van der Waals surface area (Å²) in [5.74, 6) is 0.645. The van der Waals surface area contributed by atoms with Gasteiger partial charge in [0, 0.05) is 18.5 Å². The Labute approximate surface area is 145 Å². The van der Waals surface area contributed by atoms with E-state index in [9.17, 15) is 8.42 Å². The summed E-state index contributed by atoms with van der Waals surface area (Å²) in [7, 11) is -1.01. The molecule has 0 aliphatic heterocycles. The number of ether oxygens (including phenoxy) is 2. The average Bonchev–Trinajstić information content (AvgIpc) is 3.15. The summed E-state index contributed by atoms with van der Waals surface area (Å²) >= 11 is 0. The number of nitrogens with one attached hydrogen (secondary N) is 1. The predicted molar refractivity (Wildman–Crippen MR) is 93.9 cm³/mol. The lowest BCUT2D eigenvalue weighted by Gasteiger charge is -2.15. The maximum atomic E-state index is 12.9. The fourth-order valence-corrected chi connectivity index (χ4v) is 3.62. The van der Waals surface area contributed by atoms with Crippen LogP contribution in [0.5, 0.6) is 11.5 Å². The standard InChI is InChI=1S/C17H17N3O4S/c1-23-13-8-9-16(24-2)17(12-13)25(21,22)19-14-6-3-4-7-15(14)20-11-5-10-18-20/h3-12,19H,1-2H3. The molecule has 0 radical (unpaired) electrons. The summed E-state index contributed by atoms with van der Waals surface area (Å²) < 4.78 is 40.3. The SMILES string of the molecule is COc1ccc(OC)c(S(=O)(=O)Nc2ccccc2-n2cccn2)c1. The van der Waals surface area contributed by atoms with Crippen LogP contribution in [-0.4, -0.2) is 32.4 Å². The number of aromatic nitrogens is 2. The molecule has 0 unspecified atom stereocenters. The van der Waals surface area contributed by atoms with Crippen molar-refractivity contribution in [3.8, 4) is 17.2 Å². The van der Waals surface area contributed by atoms with Gasteiger partial charge >= 0.3 is 0 Å². The maximum absolute atomic E-state index is 12.9. The van der Waals surface area contributed by atoms with Crippen molar-refractivity contribution in [1.82, 2.24) is 9.78 Å². The van der Waals surface area contributed by atoms with E-state index in [0.29, 0.717) is 17.1 Å². The lowest BCUT2D eigenvalue weighted by atomic mass is 10.3. The molecule has 3 aromatic rings. The molecule has 0 amide bonds. The van der Waals surface area contributed by atoms with Gasteiger partial charge in [-0.15, -0.1) is 0 Å². The molecular weight excluding hydrogens is 342 g/mol. The van der Waals surface area contributed by atoms with Crippen LogP contribution in [0.3, 0.4) is 0 Å². The fourth-order valence-electron chi connectivity index (χ4n) is 2.36. The first-order chi connectivity index (χ1) is 12.0. The van der Waals surface area contributed by atoms with E-state index in [1.54, 1.807) is 59.5 Å². The maximum Gasteiger partial charge on any atom is 0.265 e. The molecule has 0 saturated heterocycles. The first-order valence-electron chi connectivity index (χ1n) is 7.39. The topological polar surface area (TPSA) is 82.5 Å². The van der Waals surface area contributed by atoms with Gasteiger partial charge < -0.3 is 9.47 Å². The molecule has 0 fully saturated rings. The number of hydrogen-bond acceptors (Lipinski definition) is 5. The smallest absolute Gasteiger partial charge is 0.265 e. The molecule has 2 aromatic carbocycles. The number of anilines is 1. The third-order valence-corrected chi connectivity index (χ3v) is 4.95. The highest BCUT2D eigenvalue weighted by atomic mass is 32.2. The molecule has 0 spiro atoms. The van der Waals surface area contributed by atoms with Gasteiger partial charge in [-0.05, 0) is 30.3 Å². The summed E-state index contributed by atoms with van der Waals surface area (Å²) in [5, 5.41) is 4.15. The second-order valence-electron chi connectivity index (χ2n) is 5.09. The lowest BCUT2D eigenvalue weighted by molar-refractivity contribution is 0.392. The zero-order valence-corrected chi connectivity index (χ0v) is 14.5. The van der Waals surface area contributed by atoms with Crippen molar-refractivity contribution in [3.05, 3.63) is 60.9 Å². The Kier molecular flexibility index (Phi) is 4.62. The Morgan fingerprint density at radius 3 is 2.52 bits per heavy atom. The van der Waals surface area contributed by atoms with Gasteiger partial charge in [-0.1, -0.05) is 12.1 Å². The molecule has 1 heterocycles. The van der Waals surface area contributed by atoms with Crippen molar-refractivity contribution in [2.75, 3.05) is 18.9 Å². The number of methoxy groups -OCH3 is 2. The molecular formula is C17H17N3O4S. The molecule has 1 N–H and O–H groups in total. The van der Waals surface area contributed by atoms with E-state index in [4.69, 9.17) is 9.47 Å². The number of hydrogen-bond donors (Lipinski definition) is 1. The predicted octanol–water partition coefficient (Wildman–Crippen LogP) is 2.69. The third-order valence-electron chi connectivity index (χ3n) is 3.56. The van der Waals surface area contributed by atoms with Crippen LogP contribution in [0.2, 0.25) is 0 Å². The van der Waals surface area contributed by atoms with Crippen LogP contribution >= 0.6 is 0 Å². The highest BCUT2D eigenvalue weighted by Crippen LogP contribution is 2.31. The summed E-state index contributed by atoms with van der Waals surface area (Å²) in [4.78, 5) is -0.00961. The summed E-state index contributed by atoms with van der Waals surface area (Å²) in [6.07, 6.45) is 3.36. The molecule has 0 aliphatic carbocycles. The molecule has 7 nitrogen and oxygen atoms in total. The Bertz CT molecular complexity index is 969. The van der Waals surface area contributed by atoms with Crippen molar-refractivity contribution < 1.29 is 17.9 Å². The van der Waals surface area contributed by atoms with Crippen molar-refractivity contribution in [3.63, 3.8) is 0 Å². The van der Waals surface area contributed by atoms with E-state index in [1.807, 2.05) is 0 Å². The van der Waals surface area contributed by atoms with Crippen molar-refractivity contribution in [1.29, 1.82) is 0 Å². The minimum absolute atomic E-state index is 0.00961. The monoisotopic (exact) mass is 359 g/mol. The highest BCUT2D eigenvalue weighted by Gasteiger charge is 2.22. The molecule has 1 aromatic heterocycles. The first kappa shape index (κ1) is 16.8. The van der Waals surface area contributed by atoms with Crippen LogP contribution in [0.25, 0.3) is 5.69 Å². The van der Waals surface area contributed by atoms with Crippen LogP contribution in [0.4, 0.5) is 5.69 Å². The van der Waals surface area contributed by atoms with E-state index in [0.717, 1.165) is 0 Å². The Morgan fingerprint density at radius 1 is 1.04 bits per heavy atom. The number of para-hydroxylation sites is 2. The lowest BCUT2D eigenvalue weighted by Crippen LogP contribution is -2.16. The molecule has 8 heteroatoms. The molecule has 0 atom stereocenters. The van der Waals surface area contributed by atoms with E-state index >= 15 is 0 Å². The summed E-state index contributed by atoms with van der Waals surface area (Å²) in [6.45, 7) is 0. The van der Waals surface area contributed by atoms with Gasteiger partial charge in [0.05, 0.1) is 25.6 Å². The molecule has 0 saturated carbocycles. The van der Waals surface area contributed by atoms with Gasteiger partial charge in [-0.3, -0.25) is 4.72 Å². The Hall–Kier alpha value is -3.00. The van der Waals surface area contributed by atoms with Gasteiger partial charge in [0.25, 0.3) is 10.0 Å². The van der Waals surface area contributed by atoms with Crippen molar-refractivity contribution >= 4 is 15.7 Å². The van der Waals surface area contributed by atoms with Gasteiger partial charge in [-0.25, -0.2) is 13.1 Å². The van der Waals surface area contributed by atoms with Gasteiger partial charge in [0.2, 0.25) is 0 Å². The second kappa shape index (κ2) is 6.86. The van der Waals surface area contributed by atoms with E-state index in [1.165, 1.54) is 20.3 Å². The number of nitrogens with zero attached hydrogens (tertiary/aromatic N) is 2. The molecule has 130 valence electrons. The van der Waals surface area contributed by atoms with E-state index in [-0.39, 0.29) is 10.6 Å². The highest BCUT2D eigenvalue weighted by molar-refractivity contribution is 7.92. The Balaban J connectivity index is 2.04. The minimum Gasteiger partial charge on any atom is -0.497 e. The number of sulfonamides is 1. The molecule has 0 aliphatic rings. The first-order valence-corrected chi connectivity index (χ1v) is 8.87. The van der Waals surface area contributed by atoms with Crippen LogP contribution in [0.1, 0.15) is 0 Å². The van der Waals surface area contributed by atoms with Crippen LogP contribution in [0, 0.1) is 0 Å². The summed E-state index contributed by atoms with van der Waals surface area (Å²) in [6, 6.07) is 13.3. The van der Waals surface area contributed by atoms with Gasteiger partial charge in [0.15, 0.2) is 0 Å². The van der Waals surface area contributed by atoms with Gasteiger partial charge in [0.1, 0.15) is 16.4 Å². The quantitative estimate of drug-likeness (QED) is 0.732. The van der Waals surface area contributed by atoms with Crippen molar-refractivity contribution in [2.45, 2.75) is 4.90 Å². The second-order valence-corrected chi connectivity index (χ2v) is 6.74. The molecule has 25 heavy (non-hydrogen) atoms. The zero-order valence-electron chi connectivity index (χ0n) is 13.7. The largest absolute Gasteiger partial charge is 0.497 e. The molecule has 0 bridgehead atoms. The fraction of sp³-hybridized carbons (Fsp3) is 0.118. The number of rotatable bonds is 6. The van der Waals surface area contributed by atoms with Crippen LogP contribution in [0.15, 0.2) is 65.8 Å². The third kappa shape index (κ3) is 3.43. The Morgan fingerprint density at radius 2 is 1.84 bits per heavy atom. The molecule has 3 rings (SSSR count). The van der Waals surface area contributed by atoms with Gasteiger partial charge in [-0.2, -0.15) is 5.10 Å². The zero-order chi connectivity index (χ0) is 17.9. The minimum atomic E-state index is -3.90. The van der Waals surface area contributed by atoms with E-state index < -0.39 is 10.0 Å². The van der Waals surface area contributed by atoms with Crippen LogP contribution in [-0.2, 0) is 10.0 Å².